The molecule has 0 rings (SSSR count). The largest absolute Gasteiger partial charge is 0.470 e. The van der Waals surface area contributed by atoms with Crippen molar-refractivity contribution in [1.29, 1.82) is 0 Å². The predicted molar refractivity (Wildman–Crippen MR) is 70.6 cm³/mol. The van der Waals surface area contributed by atoms with E-state index in [9.17, 15) is 4.79 Å². The standard InChI is InChI=1S/C9H11BO3S.C2H6/c1-3-8(6-12-9(10)11)5-4-7(2)13-14;1-2/h3-5,14H,1,6H2,2H3;1-2H3/b7-4+,8-5+;. The van der Waals surface area contributed by atoms with Crippen molar-refractivity contribution in [2.45, 2.75) is 20.8 Å². The summed E-state index contributed by atoms with van der Waals surface area (Å²) in [7, 11) is 4.80. The first kappa shape index (κ1) is 17.3. The molecule has 0 N–H and O–H groups in total. The lowest BCUT2D eigenvalue weighted by molar-refractivity contribution is 0.184. The second-order valence-corrected chi connectivity index (χ2v) is 2.60. The number of ether oxygens (including phenoxy) is 1. The molecule has 3 nitrogen and oxygen atoms in total. The molecule has 0 fully saturated rings. The summed E-state index contributed by atoms with van der Waals surface area (Å²) >= 11 is 3.60. The zero-order valence-electron chi connectivity index (χ0n) is 9.90. The van der Waals surface area contributed by atoms with E-state index >= 15 is 0 Å². The maximum atomic E-state index is 10.3. The maximum absolute atomic E-state index is 10.3. The summed E-state index contributed by atoms with van der Waals surface area (Å²) in [6, 6.07) is 0. The fourth-order valence-corrected chi connectivity index (χ4v) is 0.645. The van der Waals surface area contributed by atoms with Gasteiger partial charge in [0.05, 0.1) is 0 Å². The summed E-state index contributed by atoms with van der Waals surface area (Å²) in [6.45, 7) is 9.38. The van der Waals surface area contributed by atoms with Gasteiger partial charge in [0.1, 0.15) is 12.4 Å². The van der Waals surface area contributed by atoms with Crippen LogP contribution in [-0.2, 0) is 8.92 Å². The molecule has 0 aliphatic heterocycles. The van der Waals surface area contributed by atoms with Gasteiger partial charge < -0.3 is 8.92 Å². The molecule has 0 saturated heterocycles. The Balaban J connectivity index is 0. The highest BCUT2D eigenvalue weighted by Gasteiger charge is 1.94. The first-order chi connectivity index (χ1) is 7.60. The smallest absolute Gasteiger partial charge is 0.236 e. The van der Waals surface area contributed by atoms with Crippen LogP contribution in [0.5, 0.6) is 0 Å². The van der Waals surface area contributed by atoms with E-state index in [0.717, 1.165) is 0 Å². The topological polar surface area (TPSA) is 35.5 Å². The average molecular weight is 240 g/mol. The van der Waals surface area contributed by atoms with Crippen LogP contribution in [0.2, 0.25) is 0 Å². The van der Waals surface area contributed by atoms with Crippen LogP contribution in [0.3, 0.4) is 0 Å². The molecule has 5 heteroatoms. The van der Waals surface area contributed by atoms with Crippen molar-refractivity contribution in [3.63, 3.8) is 0 Å². The molecule has 16 heavy (non-hydrogen) atoms. The number of hydrogen-bond donors (Lipinski definition) is 1. The third kappa shape index (κ3) is 11.0. The lowest BCUT2D eigenvalue weighted by atomic mass is 10.2. The highest BCUT2D eigenvalue weighted by Crippen LogP contribution is 2.02. The van der Waals surface area contributed by atoms with E-state index in [1.54, 1.807) is 25.2 Å². The average Bonchev–Trinajstić information content (AvgIpc) is 2.31. The lowest BCUT2D eigenvalue weighted by Gasteiger charge is -2.01. The minimum Gasteiger partial charge on any atom is -0.470 e. The van der Waals surface area contributed by atoms with Gasteiger partial charge in [-0.15, -0.1) is 0 Å². The molecular weight excluding hydrogens is 223 g/mol. The normalized spacial score (nSPS) is 11.0. The summed E-state index contributed by atoms with van der Waals surface area (Å²) in [5.74, 6) is -0.198. The van der Waals surface area contributed by atoms with E-state index < -0.39 is 5.87 Å². The summed E-state index contributed by atoms with van der Waals surface area (Å²) < 4.78 is 9.19. The Morgan fingerprint density at radius 3 is 2.38 bits per heavy atom. The molecular formula is C11H17BO3S. The van der Waals surface area contributed by atoms with Crippen molar-refractivity contribution >= 4 is 26.6 Å². The van der Waals surface area contributed by atoms with E-state index in [4.69, 9.17) is 7.85 Å². The molecule has 0 aliphatic rings. The number of hydrogen-bond acceptors (Lipinski definition) is 4. The van der Waals surface area contributed by atoms with Gasteiger partial charge in [-0.1, -0.05) is 32.6 Å². The Bertz CT molecular complexity index is 272. The van der Waals surface area contributed by atoms with E-state index in [1.807, 2.05) is 13.8 Å². The van der Waals surface area contributed by atoms with Crippen molar-refractivity contribution in [1.82, 2.24) is 0 Å². The minimum absolute atomic E-state index is 0.0924. The molecule has 0 heterocycles. The Morgan fingerprint density at radius 1 is 1.44 bits per heavy atom. The van der Waals surface area contributed by atoms with Gasteiger partial charge in [0.2, 0.25) is 13.7 Å². The Labute approximate surface area is 104 Å². The number of carbonyl (C=O) groups excluding carboxylic acids is 1. The van der Waals surface area contributed by atoms with Gasteiger partial charge >= 0.3 is 0 Å². The lowest BCUT2D eigenvalue weighted by Crippen LogP contribution is -2.03. The van der Waals surface area contributed by atoms with Crippen LogP contribution in [0.25, 0.3) is 0 Å². The number of rotatable bonds is 5. The first-order valence-electron chi connectivity index (χ1n) is 4.83. The van der Waals surface area contributed by atoms with Crippen molar-refractivity contribution in [3.8, 4) is 0 Å². The minimum atomic E-state index is -0.816. The highest BCUT2D eigenvalue weighted by molar-refractivity contribution is 7.75. The van der Waals surface area contributed by atoms with Crippen LogP contribution in [0.1, 0.15) is 20.8 Å². The molecule has 0 unspecified atom stereocenters. The molecule has 88 valence electrons. The van der Waals surface area contributed by atoms with Crippen LogP contribution >= 0.6 is 12.9 Å². The number of thiol groups is 1. The summed E-state index contributed by atoms with van der Waals surface area (Å²) in [4.78, 5) is 10.3. The van der Waals surface area contributed by atoms with Crippen molar-refractivity contribution in [2.24, 2.45) is 0 Å². The van der Waals surface area contributed by atoms with Crippen molar-refractivity contribution in [2.75, 3.05) is 6.61 Å². The van der Waals surface area contributed by atoms with Crippen LogP contribution in [0, 0.1) is 0 Å². The van der Waals surface area contributed by atoms with Gasteiger partial charge in [-0.05, 0) is 18.6 Å². The third-order valence-corrected chi connectivity index (χ3v) is 1.61. The molecule has 0 aliphatic carbocycles. The highest BCUT2D eigenvalue weighted by atomic mass is 32.1. The van der Waals surface area contributed by atoms with Crippen LogP contribution in [0.4, 0.5) is 4.79 Å². The molecule has 0 saturated carbocycles. The fraction of sp³-hybridized carbons (Fsp3) is 0.364. The molecule has 0 aromatic heterocycles. The Hall–Kier alpha value is -1.10. The molecule has 0 bridgehead atoms. The van der Waals surface area contributed by atoms with E-state index in [1.165, 1.54) is 0 Å². The SMILES string of the molecule is CC.[B]C(=O)OC/C(C=C)=C/C=C(\C)OS. The second kappa shape index (κ2) is 12.0. The van der Waals surface area contributed by atoms with Crippen LogP contribution in [0.15, 0.2) is 36.1 Å². The molecule has 0 aromatic carbocycles. The maximum Gasteiger partial charge on any atom is 0.236 e. The third-order valence-electron chi connectivity index (χ3n) is 1.32. The van der Waals surface area contributed by atoms with Crippen LogP contribution in [-0.4, -0.2) is 20.3 Å². The van der Waals surface area contributed by atoms with Gasteiger partial charge in [-0.25, -0.2) is 0 Å². The molecule has 0 atom stereocenters. The zero-order valence-corrected chi connectivity index (χ0v) is 10.8. The number of allylic oxidation sites excluding steroid dienone is 3. The zero-order chi connectivity index (χ0) is 13.0. The molecule has 2 radical (unpaired) electrons. The van der Waals surface area contributed by atoms with Crippen molar-refractivity contribution < 1.29 is 13.7 Å². The van der Waals surface area contributed by atoms with Gasteiger partial charge in [0.25, 0.3) is 0 Å². The monoisotopic (exact) mass is 240 g/mol. The van der Waals surface area contributed by atoms with Gasteiger partial charge in [0.15, 0.2) is 0 Å². The fourth-order valence-electron chi connectivity index (χ4n) is 0.584. The summed E-state index contributed by atoms with van der Waals surface area (Å²) in [6.07, 6.45) is 4.93. The Kier molecular flexibility index (Phi) is 13.0. The summed E-state index contributed by atoms with van der Waals surface area (Å²) in [5, 5.41) is 0. The van der Waals surface area contributed by atoms with E-state index in [0.29, 0.717) is 11.3 Å². The van der Waals surface area contributed by atoms with Crippen LogP contribution < -0.4 is 0 Å². The molecule has 0 amide bonds. The number of carbonyl (C=O) groups is 1. The quantitative estimate of drug-likeness (QED) is 0.263. The molecule has 0 aromatic rings. The van der Waals surface area contributed by atoms with Gasteiger partial charge in [-0.2, -0.15) is 0 Å². The van der Waals surface area contributed by atoms with E-state index in [-0.39, 0.29) is 6.61 Å². The van der Waals surface area contributed by atoms with Gasteiger partial charge in [0, 0.05) is 12.9 Å². The first-order valence-corrected chi connectivity index (χ1v) is 5.20. The van der Waals surface area contributed by atoms with Crippen molar-refractivity contribution in [3.05, 3.63) is 36.1 Å². The predicted octanol–water partition coefficient (Wildman–Crippen LogP) is 3.20. The Morgan fingerprint density at radius 2 is 2.00 bits per heavy atom. The second-order valence-electron chi connectivity index (χ2n) is 2.42. The van der Waals surface area contributed by atoms with E-state index in [2.05, 4.69) is 28.4 Å². The van der Waals surface area contributed by atoms with Gasteiger partial charge in [-0.3, -0.25) is 4.79 Å². The molecule has 0 spiro atoms. The summed E-state index contributed by atoms with van der Waals surface area (Å²) in [5.41, 5.74) is 0.716.